The highest BCUT2D eigenvalue weighted by Gasteiger charge is 2.14. The Balaban J connectivity index is 2.36. The number of aryl methyl sites for hydroxylation is 1. The molecule has 0 radical (unpaired) electrons. The topological polar surface area (TPSA) is 56.2 Å². The van der Waals surface area contributed by atoms with E-state index in [2.05, 4.69) is 39.7 Å². The van der Waals surface area contributed by atoms with Crippen molar-refractivity contribution in [1.82, 2.24) is 14.6 Å². The van der Waals surface area contributed by atoms with E-state index in [1.165, 1.54) is 10.3 Å². The zero-order chi connectivity index (χ0) is 12.0. The highest BCUT2D eigenvalue weighted by molar-refractivity contribution is 7.23. The molecule has 0 saturated heterocycles. The van der Waals surface area contributed by atoms with Gasteiger partial charge in [0.05, 0.1) is 16.3 Å². The summed E-state index contributed by atoms with van der Waals surface area (Å²) in [5.41, 5.74) is 8.41. The zero-order valence-corrected chi connectivity index (χ0v) is 10.7. The molecule has 2 heterocycles. The second kappa shape index (κ2) is 3.78. The van der Waals surface area contributed by atoms with Crippen molar-refractivity contribution < 1.29 is 0 Å². The van der Waals surface area contributed by atoms with Gasteiger partial charge in [-0.2, -0.15) is 0 Å². The molecule has 2 N–H and O–H groups in total. The summed E-state index contributed by atoms with van der Waals surface area (Å²) in [6.45, 7) is 4.09. The number of hydrogen-bond donors (Lipinski definition) is 1. The average Bonchev–Trinajstić information content (AvgIpc) is 2.85. The second-order valence-electron chi connectivity index (χ2n) is 4.22. The summed E-state index contributed by atoms with van der Waals surface area (Å²) in [4.78, 5) is 0.917. The SMILES string of the molecule is CCc1ccc2c(c1)sc1nnc(C(C)N)n12. The Morgan fingerprint density at radius 2 is 2.24 bits per heavy atom. The van der Waals surface area contributed by atoms with E-state index in [4.69, 9.17) is 5.73 Å². The van der Waals surface area contributed by atoms with Crippen LogP contribution in [-0.4, -0.2) is 14.6 Å². The molecule has 17 heavy (non-hydrogen) atoms. The van der Waals surface area contributed by atoms with Crippen molar-refractivity contribution in [3.8, 4) is 0 Å². The number of hydrogen-bond acceptors (Lipinski definition) is 4. The number of aromatic nitrogens is 3. The van der Waals surface area contributed by atoms with Gasteiger partial charge in [-0.15, -0.1) is 10.2 Å². The summed E-state index contributed by atoms with van der Waals surface area (Å²) in [5.74, 6) is 0.829. The van der Waals surface area contributed by atoms with Crippen LogP contribution in [0.3, 0.4) is 0 Å². The maximum atomic E-state index is 5.91. The van der Waals surface area contributed by atoms with Gasteiger partial charge in [0, 0.05) is 0 Å². The number of benzene rings is 1. The van der Waals surface area contributed by atoms with Crippen molar-refractivity contribution >= 4 is 26.5 Å². The fourth-order valence-corrected chi connectivity index (χ4v) is 3.05. The highest BCUT2D eigenvalue weighted by atomic mass is 32.1. The first-order valence-corrected chi connectivity index (χ1v) is 6.54. The molecule has 88 valence electrons. The molecule has 0 fully saturated rings. The fraction of sp³-hybridized carbons (Fsp3) is 0.333. The molecule has 4 nitrogen and oxygen atoms in total. The van der Waals surface area contributed by atoms with E-state index < -0.39 is 0 Å². The van der Waals surface area contributed by atoms with Gasteiger partial charge in [0.25, 0.3) is 0 Å². The molecule has 2 aromatic heterocycles. The van der Waals surface area contributed by atoms with Crippen molar-refractivity contribution in [2.24, 2.45) is 5.73 Å². The molecule has 1 unspecified atom stereocenters. The Morgan fingerprint density at radius 3 is 2.94 bits per heavy atom. The molecule has 0 bridgehead atoms. The quantitative estimate of drug-likeness (QED) is 0.756. The smallest absolute Gasteiger partial charge is 0.217 e. The molecule has 3 rings (SSSR count). The Morgan fingerprint density at radius 1 is 1.41 bits per heavy atom. The van der Waals surface area contributed by atoms with Gasteiger partial charge >= 0.3 is 0 Å². The third kappa shape index (κ3) is 1.54. The Bertz CT molecular complexity index is 680. The average molecular weight is 246 g/mol. The molecule has 0 aliphatic carbocycles. The molecule has 0 amide bonds. The predicted molar refractivity (Wildman–Crippen MR) is 70.4 cm³/mol. The van der Waals surface area contributed by atoms with Crippen LogP contribution in [0.15, 0.2) is 18.2 Å². The summed E-state index contributed by atoms with van der Waals surface area (Å²) >= 11 is 1.66. The van der Waals surface area contributed by atoms with E-state index in [0.717, 1.165) is 22.7 Å². The molecule has 0 spiro atoms. The summed E-state index contributed by atoms with van der Waals surface area (Å²) in [7, 11) is 0. The minimum absolute atomic E-state index is 0.103. The molecule has 1 atom stereocenters. The van der Waals surface area contributed by atoms with E-state index in [9.17, 15) is 0 Å². The predicted octanol–water partition coefficient (Wildman–Crippen LogP) is 2.53. The summed E-state index contributed by atoms with van der Waals surface area (Å²) < 4.78 is 3.31. The molecular weight excluding hydrogens is 232 g/mol. The van der Waals surface area contributed by atoms with Gasteiger partial charge in [0.2, 0.25) is 4.96 Å². The zero-order valence-electron chi connectivity index (χ0n) is 9.84. The van der Waals surface area contributed by atoms with E-state index >= 15 is 0 Å². The lowest BCUT2D eigenvalue weighted by Crippen LogP contribution is -2.09. The number of thiazole rings is 1. The first-order chi connectivity index (χ1) is 8.20. The molecule has 0 aliphatic heterocycles. The van der Waals surface area contributed by atoms with Gasteiger partial charge in [0.15, 0.2) is 5.82 Å². The summed E-state index contributed by atoms with van der Waals surface area (Å²) in [6, 6.07) is 6.40. The van der Waals surface area contributed by atoms with Crippen LogP contribution in [0.5, 0.6) is 0 Å². The van der Waals surface area contributed by atoms with Crippen LogP contribution in [0.1, 0.15) is 31.3 Å². The van der Waals surface area contributed by atoms with E-state index in [1.54, 1.807) is 11.3 Å². The van der Waals surface area contributed by atoms with Crippen molar-refractivity contribution in [2.75, 3.05) is 0 Å². The number of rotatable bonds is 2. The van der Waals surface area contributed by atoms with Gasteiger partial charge in [-0.05, 0) is 31.0 Å². The normalized spacial score (nSPS) is 13.6. The first kappa shape index (κ1) is 10.7. The minimum atomic E-state index is -0.103. The molecular formula is C12H14N4S. The highest BCUT2D eigenvalue weighted by Crippen LogP contribution is 2.28. The van der Waals surface area contributed by atoms with E-state index in [1.807, 2.05) is 6.92 Å². The standard InChI is InChI=1S/C12H14N4S/c1-3-8-4-5-9-10(6-8)17-12-15-14-11(7(2)13)16(9)12/h4-7H,3,13H2,1-2H3. The van der Waals surface area contributed by atoms with Crippen LogP contribution in [0.25, 0.3) is 15.2 Å². The fourth-order valence-electron chi connectivity index (χ4n) is 2.01. The number of nitrogens with zero attached hydrogens (tertiary/aromatic N) is 3. The third-order valence-corrected chi connectivity index (χ3v) is 3.93. The van der Waals surface area contributed by atoms with Crippen molar-refractivity contribution in [3.63, 3.8) is 0 Å². The molecule has 5 heteroatoms. The lowest BCUT2D eigenvalue weighted by Gasteiger charge is -2.02. The second-order valence-corrected chi connectivity index (χ2v) is 5.23. The van der Waals surface area contributed by atoms with Gasteiger partial charge in [-0.25, -0.2) is 0 Å². The van der Waals surface area contributed by atoms with Crippen LogP contribution in [-0.2, 0) is 6.42 Å². The monoisotopic (exact) mass is 246 g/mol. The minimum Gasteiger partial charge on any atom is -0.322 e. The van der Waals surface area contributed by atoms with Crippen molar-refractivity contribution in [3.05, 3.63) is 29.6 Å². The largest absolute Gasteiger partial charge is 0.322 e. The Labute approximate surface area is 103 Å². The van der Waals surface area contributed by atoms with Gasteiger partial charge < -0.3 is 5.73 Å². The van der Waals surface area contributed by atoms with Crippen LogP contribution in [0.2, 0.25) is 0 Å². The van der Waals surface area contributed by atoms with E-state index in [0.29, 0.717) is 0 Å². The number of nitrogens with two attached hydrogens (primary N) is 1. The van der Waals surface area contributed by atoms with E-state index in [-0.39, 0.29) is 6.04 Å². The van der Waals surface area contributed by atoms with Crippen LogP contribution < -0.4 is 5.73 Å². The lowest BCUT2D eigenvalue weighted by atomic mass is 10.2. The van der Waals surface area contributed by atoms with Gasteiger partial charge in [0.1, 0.15) is 0 Å². The van der Waals surface area contributed by atoms with Crippen LogP contribution in [0.4, 0.5) is 0 Å². The molecule has 0 aliphatic rings. The maximum Gasteiger partial charge on any atom is 0.217 e. The molecule has 1 aromatic carbocycles. The third-order valence-electron chi connectivity index (χ3n) is 2.94. The summed E-state index contributed by atoms with van der Waals surface area (Å²) in [6.07, 6.45) is 1.05. The van der Waals surface area contributed by atoms with Crippen molar-refractivity contribution in [2.45, 2.75) is 26.3 Å². The van der Waals surface area contributed by atoms with Gasteiger partial charge in [-0.3, -0.25) is 4.40 Å². The lowest BCUT2D eigenvalue weighted by molar-refractivity contribution is 0.732. The van der Waals surface area contributed by atoms with Crippen LogP contribution >= 0.6 is 11.3 Å². The summed E-state index contributed by atoms with van der Waals surface area (Å²) in [5, 5.41) is 8.33. The Hall–Kier alpha value is -1.46. The van der Waals surface area contributed by atoms with Crippen molar-refractivity contribution in [1.29, 1.82) is 0 Å². The van der Waals surface area contributed by atoms with Crippen LogP contribution in [0, 0.1) is 0 Å². The first-order valence-electron chi connectivity index (χ1n) is 5.72. The Kier molecular flexibility index (Phi) is 2.38. The molecule has 0 saturated carbocycles. The maximum absolute atomic E-state index is 5.91. The number of fused-ring (bicyclic) bond motifs is 3. The molecule has 3 aromatic rings. The van der Waals surface area contributed by atoms with Gasteiger partial charge in [-0.1, -0.05) is 24.3 Å².